The molecule has 1 aliphatic carbocycles. The third-order valence-electron chi connectivity index (χ3n) is 3.46. The Hall–Kier alpha value is -1.65. The first-order valence-electron chi connectivity index (χ1n) is 6.54. The topological polar surface area (TPSA) is 55.3 Å². The van der Waals surface area contributed by atoms with Crippen molar-refractivity contribution < 1.29 is 9.53 Å². The van der Waals surface area contributed by atoms with Gasteiger partial charge in [-0.3, -0.25) is 4.79 Å². The Morgan fingerprint density at radius 1 is 1.39 bits per heavy atom. The summed E-state index contributed by atoms with van der Waals surface area (Å²) >= 11 is 0. The standard InChI is InChI=1S/C13H17N3O2/c17-13(10-3-4-10)16-7-1-2-11(8-16)18-12-5-6-14-9-15-12/h5-6,9-11H,1-4,7-8H2/t11-/m0/s1. The van der Waals surface area contributed by atoms with Gasteiger partial charge in [0.2, 0.25) is 11.8 Å². The Morgan fingerprint density at radius 3 is 3.00 bits per heavy atom. The van der Waals surface area contributed by atoms with Crippen LogP contribution in [0.15, 0.2) is 18.6 Å². The lowest BCUT2D eigenvalue weighted by Gasteiger charge is -2.32. The predicted octanol–water partition coefficient (Wildman–Crippen LogP) is 1.26. The van der Waals surface area contributed by atoms with Crippen LogP contribution in [0.1, 0.15) is 25.7 Å². The van der Waals surface area contributed by atoms with E-state index in [0.717, 1.165) is 32.2 Å². The van der Waals surface area contributed by atoms with Gasteiger partial charge in [-0.1, -0.05) is 0 Å². The second-order valence-corrected chi connectivity index (χ2v) is 4.99. The minimum Gasteiger partial charge on any atom is -0.472 e. The zero-order chi connectivity index (χ0) is 12.4. The molecule has 2 aliphatic rings. The van der Waals surface area contributed by atoms with E-state index in [4.69, 9.17) is 4.74 Å². The molecule has 5 heteroatoms. The Bertz CT molecular complexity index is 420. The van der Waals surface area contributed by atoms with Crippen molar-refractivity contribution in [2.24, 2.45) is 5.92 Å². The number of hydrogen-bond acceptors (Lipinski definition) is 4. The number of aromatic nitrogens is 2. The second-order valence-electron chi connectivity index (χ2n) is 4.99. The van der Waals surface area contributed by atoms with Gasteiger partial charge in [0.1, 0.15) is 12.4 Å². The molecule has 0 spiro atoms. The number of carbonyl (C=O) groups is 1. The molecular formula is C13H17N3O2. The summed E-state index contributed by atoms with van der Waals surface area (Å²) in [5.74, 6) is 1.20. The highest BCUT2D eigenvalue weighted by molar-refractivity contribution is 5.81. The molecule has 2 heterocycles. The summed E-state index contributed by atoms with van der Waals surface area (Å²) in [6.45, 7) is 1.57. The Labute approximate surface area is 106 Å². The summed E-state index contributed by atoms with van der Waals surface area (Å²) in [4.78, 5) is 21.9. The first-order valence-corrected chi connectivity index (χ1v) is 6.54. The first kappa shape index (κ1) is 11.4. The number of amides is 1. The monoisotopic (exact) mass is 247 g/mol. The summed E-state index contributed by atoms with van der Waals surface area (Å²) in [5, 5.41) is 0. The van der Waals surface area contributed by atoms with Gasteiger partial charge in [-0.25, -0.2) is 9.97 Å². The molecule has 1 saturated heterocycles. The molecule has 18 heavy (non-hydrogen) atoms. The van der Waals surface area contributed by atoms with Gasteiger partial charge in [0, 0.05) is 24.7 Å². The number of nitrogens with zero attached hydrogens (tertiary/aromatic N) is 3. The third-order valence-corrected chi connectivity index (χ3v) is 3.46. The number of ether oxygens (including phenoxy) is 1. The molecule has 1 saturated carbocycles. The van der Waals surface area contributed by atoms with Crippen molar-refractivity contribution in [2.75, 3.05) is 13.1 Å². The van der Waals surface area contributed by atoms with E-state index in [0.29, 0.717) is 24.2 Å². The van der Waals surface area contributed by atoms with Gasteiger partial charge < -0.3 is 9.64 Å². The van der Waals surface area contributed by atoms with Crippen LogP contribution >= 0.6 is 0 Å². The number of carbonyl (C=O) groups excluding carboxylic acids is 1. The molecule has 0 radical (unpaired) electrons. The summed E-state index contributed by atoms with van der Waals surface area (Å²) in [7, 11) is 0. The van der Waals surface area contributed by atoms with E-state index in [2.05, 4.69) is 9.97 Å². The highest BCUT2D eigenvalue weighted by atomic mass is 16.5. The Kier molecular flexibility index (Phi) is 3.13. The van der Waals surface area contributed by atoms with Crippen molar-refractivity contribution in [2.45, 2.75) is 31.8 Å². The summed E-state index contributed by atoms with van der Waals surface area (Å²) in [5.41, 5.74) is 0. The highest BCUT2D eigenvalue weighted by Gasteiger charge is 2.35. The largest absolute Gasteiger partial charge is 0.472 e. The first-order chi connectivity index (χ1) is 8.83. The quantitative estimate of drug-likeness (QED) is 0.806. The van der Waals surface area contributed by atoms with E-state index in [1.54, 1.807) is 12.3 Å². The van der Waals surface area contributed by atoms with Gasteiger partial charge in [-0.05, 0) is 25.7 Å². The van der Waals surface area contributed by atoms with Crippen LogP contribution < -0.4 is 4.74 Å². The van der Waals surface area contributed by atoms with Crippen LogP contribution in [0, 0.1) is 5.92 Å². The van der Waals surface area contributed by atoms with E-state index < -0.39 is 0 Å². The smallest absolute Gasteiger partial charge is 0.225 e. The highest BCUT2D eigenvalue weighted by Crippen LogP contribution is 2.32. The molecule has 0 bridgehead atoms. The maximum atomic E-state index is 12.0. The van der Waals surface area contributed by atoms with Crippen LogP contribution in [-0.2, 0) is 4.79 Å². The molecule has 2 fully saturated rings. The summed E-state index contributed by atoms with van der Waals surface area (Å²) in [6, 6.07) is 1.75. The number of rotatable bonds is 3. The molecule has 0 N–H and O–H groups in total. The van der Waals surface area contributed by atoms with Crippen molar-refractivity contribution in [3.05, 3.63) is 18.6 Å². The van der Waals surface area contributed by atoms with Crippen molar-refractivity contribution >= 4 is 5.91 Å². The Balaban J connectivity index is 1.58. The van der Waals surface area contributed by atoms with Crippen LogP contribution in [0.2, 0.25) is 0 Å². The van der Waals surface area contributed by atoms with Crippen LogP contribution in [0.25, 0.3) is 0 Å². The zero-order valence-electron chi connectivity index (χ0n) is 10.3. The molecule has 3 rings (SSSR count). The molecule has 96 valence electrons. The minimum atomic E-state index is 0.0661. The fraction of sp³-hybridized carbons (Fsp3) is 0.615. The number of piperidine rings is 1. The second kappa shape index (κ2) is 4.92. The summed E-state index contributed by atoms with van der Waals surface area (Å²) < 4.78 is 5.79. The van der Waals surface area contributed by atoms with Crippen molar-refractivity contribution in [1.82, 2.24) is 14.9 Å². The zero-order valence-corrected chi connectivity index (χ0v) is 10.3. The third kappa shape index (κ3) is 2.60. The lowest BCUT2D eigenvalue weighted by molar-refractivity contribution is -0.135. The van der Waals surface area contributed by atoms with E-state index in [1.165, 1.54) is 6.33 Å². The SMILES string of the molecule is O=C(C1CC1)N1CCC[C@H](Oc2ccncn2)C1. The molecule has 1 amide bonds. The van der Waals surface area contributed by atoms with E-state index >= 15 is 0 Å². The van der Waals surface area contributed by atoms with E-state index in [-0.39, 0.29) is 6.10 Å². The van der Waals surface area contributed by atoms with Crippen LogP contribution in [-0.4, -0.2) is 40.0 Å². The maximum absolute atomic E-state index is 12.0. The fourth-order valence-corrected chi connectivity index (χ4v) is 2.34. The van der Waals surface area contributed by atoms with Gasteiger partial charge in [0.15, 0.2) is 0 Å². The predicted molar refractivity (Wildman–Crippen MR) is 65.0 cm³/mol. The molecule has 1 aromatic rings. The van der Waals surface area contributed by atoms with Crippen molar-refractivity contribution in [3.63, 3.8) is 0 Å². The van der Waals surface area contributed by atoms with Gasteiger partial charge in [-0.15, -0.1) is 0 Å². The molecule has 1 aromatic heterocycles. The average Bonchev–Trinajstić information content (AvgIpc) is 3.24. The van der Waals surface area contributed by atoms with Gasteiger partial charge in [0.25, 0.3) is 0 Å². The van der Waals surface area contributed by atoms with E-state index in [1.807, 2.05) is 4.90 Å². The average molecular weight is 247 g/mol. The molecule has 0 aromatic carbocycles. The fourth-order valence-electron chi connectivity index (χ4n) is 2.34. The van der Waals surface area contributed by atoms with Gasteiger partial charge in [-0.2, -0.15) is 0 Å². The lowest BCUT2D eigenvalue weighted by atomic mass is 10.1. The molecule has 0 unspecified atom stereocenters. The number of likely N-dealkylation sites (tertiary alicyclic amines) is 1. The van der Waals surface area contributed by atoms with E-state index in [9.17, 15) is 4.79 Å². The van der Waals surface area contributed by atoms with Crippen LogP contribution in [0.4, 0.5) is 0 Å². The maximum Gasteiger partial charge on any atom is 0.225 e. The van der Waals surface area contributed by atoms with Crippen LogP contribution in [0.3, 0.4) is 0 Å². The van der Waals surface area contributed by atoms with Crippen molar-refractivity contribution in [3.8, 4) is 5.88 Å². The normalized spacial score (nSPS) is 23.8. The summed E-state index contributed by atoms with van der Waals surface area (Å²) in [6.07, 6.45) is 7.33. The van der Waals surface area contributed by atoms with Gasteiger partial charge >= 0.3 is 0 Å². The Morgan fingerprint density at radius 2 is 2.28 bits per heavy atom. The molecule has 1 aliphatic heterocycles. The van der Waals surface area contributed by atoms with Crippen LogP contribution in [0.5, 0.6) is 5.88 Å². The molecule has 5 nitrogen and oxygen atoms in total. The molecular weight excluding hydrogens is 230 g/mol. The number of hydrogen-bond donors (Lipinski definition) is 0. The van der Waals surface area contributed by atoms with Gasteiger partial charge in [0.05, 0.1) is 6.54 Å². The minimum absolute atomic E-state index is 0.0661. The van der Waals surface area contributed by atoms with Crippen molar-refractivity contribution in [1.29, 1.82) is 0 Å². The lowest BCUT2D eigenvalue weighted by Crippen LogP contribution is -2.45. The molecule has 1 atom stereocenters.